The molecule has 1 N–H and O–H groups in total. The minimum atomic E-state index is 0.104. The zero-order valence-electron chi connectivity index (χ0n) is 10.7. The number of amides is 1. The van der Waals surface area contributed by atoms with Crippen LogP contribution in [0.4, 0.5) is 0 Å². The molecular weight excluding hydrogens is 258 g/mol. The molecule has 0 aliphatic rings. The molecule has 4 heteroatoms. The van der Waals surface area contributed by atoms with E-state index >= 15 is 0 Å². The largest absolute Gasteiger partial charge is 0.472 e. The molecule has 19 heavy (non-hydrogen) atoms. The molecule has 0 atom stereocenters. The third-order valence-corrected chi connectivity index (χ3v) is 3.67. The second kappa shape index (κ2) is 7.69. The Labute approximate surface area is 117 Å². The Bertz CT molecular complexity index is 482. The van der Waals surface area contributed by atoms with Gasteiger partial charge in [-0.3, -0.25) is 4.79 Å². The van der Waals surface area contributed by atoms with Crippen LogP contribution in [0, 0.1) is 0 Å². The van der Waals surface area contributed by atoms with Gasteiger partial charge in [0.1, 0.15) is 0 Å². The fourth-order valence-corrected chi connectivity index (χ4v) is 2.52. The smallest absolute Gasteiger partial charge is 0.220 e. The minimum absolute atomic E-state index is 0.104. The van der Waals surface area contributed by atoms with Crippen LogP contribution in [-0.4, -0.2) is 18.2 Å². The van der Waals surface area contributed by atoms with E-state index in [-0.39, 0.29) is 5.91 Å². The lowest BCUT2D eigenvalue weighted by Gasteiger charge is -2.04. The molecule has 1 aromatic heterocycles. The molecule has 0 fully saturated rings. The molecule has 0 radical (unpaired) electrons. The lowest BCUT2D eigenvalue weighted by atomic mass is 10.2. The number of hydrogen-bond donors (Lipinski definition) is 1. The van der Waals surface area contributed by atoms with Gasteiger partial charge in [-0.2, -0.15) is 0 Å². The average molecular weight is 275 g/mol. The number of carbonyl (C=O) groups excluding carboxylic acids is 1. The molecule has 2 aromatic rings. The number of benzene rings is 1. The van der Waals surface area contributed by atoms with Crippen LogP contribution in [0.2, 0.25) is 0 Å². The normalized spacial score (nSPS) is 10.3. The summed E-state index contributed by atoms with van der Waals surface area (Å²) >= 11 is 1.70. The molecular formula is C15H17NO2S. The Morgan fingerprint density at radius 1 is 1.21 bits per heavy atom. The van der Waals surface area contributed by atoms with E-state index in [1.807, 2.05) is 24.3 Å². The predicted molar refractivity (Wildman–Crippen MR) is 77.2 cm³/mol. The molecule has 0 aliphatic heterocycles. The van der Waals surface area contributed by atoms with Gasteiger partial charge in [-0.15, -0.1) is 11.8 Å². The van der Waals surface area contributed by atoms with E-state index in [1.165, 1.54) is 4.90 Å². The van der Waals surface area contributed by atoms with Crippen molar-refractivity contribution in [1.82, 2.24) is 5.32 Å². The van der Waals surface area contributed by atoms with Crippen molar-refractivity contribution in [1.29, 1.82) is 0 Å². The van der Waals surface area contributed by atoms with Gasteiger partial charge in [-0.25, -0.2) is 0 Å². The first-order valence-electron chi connectivity index (χ1n) is 6.30. The van der Waals surface area contributed by atoms with Gasteiger partial charge >= 0.3 is 0 Å². The van der Waals surface area contributed by atoms with Gasteiger partial charge in [0.25, 0.3) is 0 Å². The van der Waals surface area contributed by atoms with Crippen LogP contribution in [0.1, 0.15) is 12.0 Å². The van der Waals surface area contributed by atoms with Gasteiger partial charge in [0, 0.05) is 23.6 Å². The Hall–Kier alpha value is -1.68. The summed E-state index contributed by atoms with van der Waals surface area (Å²) in [5.74, 6) is 0.911. The molecule has 100 valence electrons. The number of carbonyl (C=O) groups is 1. The molecule has 0 spiro atoms. The SMILES string of the molecule is O=C(CCSc1ccccc1)NCCc1ccoc1. The second-order valence-corrected chi connectivity index (χ2v) is 5.31. The van der Waals surface area contributed by atoms with Gasteiger partial charge < -0.3 is 9.73 Å². The summed E-state index contributed by atoms with van der Waals surface area (Å²) in [6.07, 6.45) is 4.71. The lowest BCUT2D eigenvalue weighted by molar-refractivity contribution is -0.120. The molecule has 0 aliphatic carbocycles. The maximum absolute atomic E-state index is 11.6. The summed E-state index contributed by atoms with van der Waals surface area (Å²) in [6.45, 7) is 0.661. The fourth-order valence-electron chi connectivity index (χ4n) is 1.65. The van der Waals surface area contributed by atoms with E-state index in [0.717, 1.165) is 17.7 Å². The summed E-state index contributed by atoms with van der Waals surface area (Å²) in [4.78, 5) is 12.8. The fraction of sp³-hybridized carbons (Fsp3) is 0.267. The molecule has 0 saturated heterocycles. The Kier molecular flexibility index (Phi) is 5.56. The van der Waals surface area contributed by atoms with Crippen LogP contribution >= 0.6 is 11.8 Å². The first-order valence-corrected chi connectivity index (χ1v) is 7.29. The number of thioether (sulfide) groups is 1. The maximum atomic E-state index is 11.6. The highest BCUT2D eigenvalue weighted by atomic mass is 32.2. The number of rotatable bonds is 7. The Balaban J connectivity index is 1.57. The second-order valence-electron chi connectivity index (χ2n) is 4.14. The van der Waals surface area contributed by atoms with Crippen molar-refractivity contribution in [3.63, 3.8) is 0 Å². The summed E-state index contributed by atoms with van der Waals surface area (Å²) in [5, 5.41) is 2.91. The quantitative estimate of drug-likeness (QED) is 0.789. The van der Waals surface area contributed by atoms with Crippen LogP contribution in [-0.2, 0) is 11.2 Å². The van der Waals surface area contributed by atoms with Crippen molar-refractivity contribution in [3.8, 4) is 0 Å². The highest BCUT2D eigenvalue weighted by molar-refractivity contribution is 7.99. The number of furan rings is 1. The molecule has 1 amide bonds. The topological polar surface area (TPSA) is 42.2 Å². The maximum Gasteiger partial charge on any atom is 0.220 e. The summed E-state index contributed by atoms with van der Waals surface area (Å²) < 4.78 is 4.97. The summed E-state index contributed by atoms with van der Waals surface area (Å²) in [5.41, 5.74) is 1.11. The Morgan fingerprint density at radius 3 is 2.79 bits per heavy atom. The predicted octanol–water partition coefficient (Wildman–Crippen LogP) is 3.12. The monoisotopic (exact) mass is 275 g/mol. The van der Waals surface area contributed by atoms with Crippen LogP contribution < -0.4 is 5.32 Å². The number of nitrogens with one attached hydrogen (secondary N) is 1. The van der Waals surface area contributed by atoms with Crippen molar-refractivity contribution in [3.05, 3.63) is 54.5 Å². The van der Waals surface area contributed by atoms with Gasteiger partial charge in [-0.1, -0.05) is 18.2 Å². The van der Waals surface area contributed by atoms with Crippen molar-refractivity contribution >= 4 is 17.7 Å². The van der Waals surface area contributed by atoms with Gasteiger partial charge in [0.2, 0.25) is 5.91 Å². The summed E-state index contributed by atoms with van der Waals surface area (Å²) in [7, 11) is 0. The van der Waals surface area contributed by atoms with Crippen LogP contribution in [0.25, 0.3) is 0 Å². The standard InChI is InChI=1S/C15H17NO2S/c17-15(16-9-6-13-7-10-18-12-13)8-11-19-14-4-2-1-3-5-14/h1-5,7,10,12H,6,8-9,11H2,(H,16,17). The Morgan fingerprint density at radius 2 is 2.05 bits per heavy atom. The van der Waals surface area contributed by atoms with E-state index in [9.17, 15) is 4.79 Å². The van der Waals surface area contributed by atoms with Crippen LogP contribution in [0.5, 0.6) is 0 Å². The van der Waals surface area contributed by atoms with Gasteiger partial charge in [-0.05, 0) is 30.2 Å². The van der Waals surface area contributed by atoms with Crippen LogP contribution in [0.3, 0.4) is 0 Å². The first kappa shape index (κ1) is 13.7. The zero-order valence-corrected chi connectivity index (χ0v) is 11.5. The zero-order chi connectivity index (χ0) is 13.3. The molecule has 1 aromatic carbocycles. The third kappa shape index (κ3) is 5.22. The lowest BCUT2D eigenvalue weighted by Crippen LogP contribution is -2.25. The first-order chi connectivity index (χ1) is 9.34. The van der Waals surface area contributed by atoms with Gasteiger partial charge in [0.05, 0.1) is 12.5 Å². The number of hydrogen-bond acceptors (Lipinski definition) is 3. The van der Waals surface area contributed by atoms with Crippen molar-refractivity contribution in [2.24, 2.45) is 0 Å². The van der Waals surface area contributed by atoms with Crippen LogP contribution in [0.15, 0.2) is 58.2 Å². The molecule has 2 rings (SSSR count). The van der Waals surface area contributed by atoms with Crippen molar-refractivity contribution in [2.75, 3.05) is 12.3 Å². The van der Waals surface area contributed by atoms with E-state index in [0.29, 0.717) is 13.0 Å². The molecule has 3 nitrogen and oxygen atoms in total. The van der Waals surface area contributed by atoms with E-state index in [2.05, 4.69) is 17.4 Å². The van der Waals surface area contributed by atoms with Gasteiger partial charge in [0.15, 0.2) is 0 Å². The average Bonchev–Trinajstić information content (AvgIpc) is 2.93. The van der Waals surface area contributed by atoms with E-state index in [4.69, 9.17) is 4.42 Å². The molecule has 0 saturated carbocycles. The van der Waals surface area contributed by atoms with E-state index < -0.39 is 0 Å². The summed E-state index contributed by atoms with van der Waals surface area (Å²) in [6, 6.07) is 12.0. The molecule has 1 heterocycles. The van der Waals surface area contributed by atoms with Crippen molar-refractivity contribution in [2.45, 2.75) is 17.7 Å². The van der Waals surface area contributed by atoms with E-state index in [1.54, 1.807) is 24.3 Å². The minimum Gasteiger partial charge on any atom is -0.472 e. The molecule has 0 unspecified atom stereocenters. The highest BCUT2D eigenvalue weighted by Gasteiger charge is 2.02. The molecule has 0 bridgehead atoms. The van der Waals surface area contributed by atoms with Crippen molar-refractivity contribution < 1.29 is 9.21 Å². The third-order valence-electron chi connectivity index (χ3n) is 2.66. The highest BCUT2D eigenvalue weighted by Crippen LogP contribution is 2.17.